The predicted molar refractivity (Wildman–Crippen MR) is 79.5 cm³/mol. The zero-order valence-corrected chi connectivity index (χ0v) is 11.8. The fraction of sp³-hybridized carbons (Fsp3) is 0.188. The molecule has 0 spiro atoms. The van der Waals surface area contributed by atoms with Gasteiger partial charge in [-0.1, -0.05) is 0 Å². The fourth-order valence-electron chi connectivity index (χ4n) is 2.54. The van der Waals surface area contributed by atoms with Gasteiger partial charge in [0.1, 0.15) is 12.4 Å². The molecule has 0 aliphatic carbocycles. The molecule has 0 atom stereocenters. The number of benzene rings is 1. The van der Waals surface area contributed by atoms with E-state index in [9.17, 15) is 9.18 Å². The van der Waals surface area contributed by atoms with Crippen molar-refractivity contribution in [1.82, 2.24) is 4.98 Å². The van der Waals surface area contributed by atoms with E-state index < -0.39 is 0 Å². The number of aryl methyl sites for hydroxylation is 1. The Bertz CT molecular complexity index is 747. The largest absolute Gasteiger partial charge is 0.358 e. The van der Waals surface area contributed by atoms with Gasteiger partial charge in [0, 0.05) is 22.5 Å². The van der Waals surface area contributed by atoms with Crippen molar-refractivity contribution in [3.8, 4) is 0 Å². The van der Waals surface area contributed by atoms with Gasteiger partial charge in [0.05, 0.1) is 5.69 Å². The quantitative estimate of drug-likeness (QED) is 0.831. The lowest BCUT2D eigenvalue weighted by Gasteiger charge is -2.20. The molecule has 0 saturated carbocycles. The molecule has 2 N–H and O–H groups in total. The molecule has 5 heteroatoms. The van der Waals surface area contributed by atoms with Gasteiger partial charge in [-0.05, 0) is 49.3 Å². The van der Waals surface area contributed by atoms with E-state index in [1.54, 1.807) is 6.07 Å². The summed E-state index contributed by atoms with van der Waals surface area (Å²) < 4.78 is 13.5. The van der Waals surface area contributed by atoms with Crippen LogP contribution in [0.4, 0.5) is 10.1 Å². The van der Waals surface area contributed by atoms with Crippen LogP contribution in [-0.2, 0) is 4.84 Å². The summed E-state index contributed by atoms with van der Waals surface area (Å²) in [4.78, 5) is 19.6. The van der Waals surface area contributed by atoms with Gasteiger partial charge < -0.3 is 4.98 Å². The van der Waals surface area contributed by atoms with Crippen LogP contribution in [0.5, 0.6) is 0 Å². The van der Waals surface area contributed by atoms with Gasteiger partial charge in [0.25, 0.3) is 0 Å². The molecular weight excluding hydrogens is 271 g/mol. The summed E-state index contributed by atoms with van der Waals surface area (Å²) in [7, 11) is 0. The van der Waals surface area contributed by atoms with Crippen LogP contribution in [0.15, 0.2) is 18.2 Å². The van der Waals surface area contributed by atoms with E-state index >= 15 is 0 Å². The van der Waals surface area contributed by atoms with Crippen molar-refractivity contribution in [2.75, 3.05) is 12.1 Å². The minimum absolute atomic E-state index is 0.295. The van der Waals surface area contributed by atoms with Gasteiger partial charge >= 0.3 is 0 Å². The molecule has 0 fully saturated rings. The lowest BCUT2D eigenvalue weighted by atomic mass is 10.0. The fourth-order valence-corrected chi connectivity index (χ4v) is 2.54. The number of rotatable bonds is 2. The maximum Gasteiger partial charge on any atom is 0.152 e. The summed E-state index contributed by atoms with van der Waals surface area (Å²) in [5, 5.41) is 0. The highest BCUT2D eigenvalue weighted by Gasteiger charge is 2.17. The highest BCUT2D eigenvalue weighted by atomic mass is 19.1. The van der Waals surface area contributed by atoms with Gasteiger partial charge in [-0.3, -0.25) is 15.1 Å². The van der Waals surface area contributed by atoms with Crippen molar-refractivity contribution >= 4 is 23.6 Å². The smallest absolute Gasteiger partial charge is 0.152 e. The van der Waals surface area contributed by atoms with Crippen molar-refractivity contribution in [2.45, 2.75) is 13.8 Å². The Morgan fingerprint density at radius 2 is 2.14 bits per heavy atom. The molecule has 0 saturated heterocycles. The lowest BCUT2D eigenvalue weighted by Crippen LogP contribution is -2.13. The van der Waals surface area contributed by atoms with E-state index in [4.69, 9.17) is 4.84 Å². The Morgan fingerprint density at radius 1 is 1.33 bits per heavy atom. The Kier molecular flexibility index (Phi) is 3.35. The maximum atomic E-state index is 13.5. The van der Waals surface area contributed by atoms with Crippen molar-refractivity contribution < 1.29 is 14.0 Å². The lowest BCUT2D eigenvalue weighted by molar-refractivity contribution is 0.112. The Balaban J connectivity index is 2.10. The minimum atomic E-state index is -0.295. The van der Waals surface area contributed by atoms with Crippen molar-refractivity contribution in [3.05, 3.63) is 52.1 Å². The number of hydrogen-bond acceptors (Lipinski definition) is 3. The Labute approximate surface area is 121 Å². The molecule has 2 heterocycles. The summed E-state index contributed by atoms with van der Waals surface area (Å²) >= 11 is 0. The predicted octanol–water partition coefficient (Wildman–Crippen LogP) is 3.48. The maximum absolute atomic E-state index is 13.5. The third kappa shape index (κ3) is 2.36. The summed E-state index contributed by atoms with van der Waals surface area (Å²) in [5.74, 6) is -0.295. The van der Waals surface area contributed by atoms with E-state index in [0.29, 0.717) is 12.2 Å². The summed E-state index contributed by atoms with van der Waals surface area (Å²) in [5.41, 5.74) is 8.32. The van der Waals surface area contributed by atoms with Gasteiger partial charge in [0.2, 0.25) is 0 Å². The van der Waals surface area contributed by atoms with E-state index in [2.05, 4.69) is 10.5 Å². The molecule has 0 radical (unpaired) electrons. The first-order chi connectivity index (χ1) is 10.1. The highest BCUT2D eigenvalue weighted by molar-refractivity contribution is 5.90. The number of halogens is 1. The van der Waals surface area contributed by atoms with Crippen molar-refractivity contribution in [2.24, 2.45) is 0 Å². The number of carbonyl (C=O) groups excluding carboxylic acids is 1. The molecule has 3 rings (SSSR count). The average Bonchev–Trinajstić information content (AvgIpc) is 2.73. The van der Waals surface area contributed by atoms with Crippen LogP contribution in [0.3, 0.4) is 0 Å². The highest BCUT2D eigenvalue weighted by Crippen LogP contribution is 2.31. The van der Waals surface area contributed by atoms with Crippen molar-refractivity contribution in [1.29, 1.82) is 0 Å². The van der Waals surface area contributed by atoms with Gasteiger partial charge in [0.15, 0.2) is 6.29 Å². The second kappa shape index (κ2) is 5.18. The van der Waals surface area contributed by atoms with Crippen LogP contribution in [0.2, 0.25) is 0 Å². The molecule has 1 aliphatic heterocycles. The molecule has 1 aliphatic rings. The molecule has 1 aromatic heterocycles. The van der Waals surface area contributed by atoms with E-state index in [0.717, 1.165) is 40.1 Å². The Hall–Kier alpha value is -2.40. The second-order valence-electron chi connectivity index (χ2n) is 5.07. The first-order valence-electron chi connectivity index (χ1n) is 6.63. The van der Waals surface area contributed by atoms with E-state index in [-0.39, 0.29) is 5.82 Å². The molecule has 4 nitrogen and oxygen atoms in total. The number of fused-ring (bicyclic) bond motifs is 1. The average molecular weight is 286 g/mol. The van der Waals surface area contributed by atoms with Crippen LogP contribution in [0, 0.1) is 19.7 Å². The van der Waals surface area contributed by atoms with Gasteiger partial charge in [-0.2, -0.15) is 0 Å². The second-order valence-corrected chi connectivity index (χ2v) is 5.07. The number of aldehydes is 1. The van der Waals surface area contributed by atoms with Gasteiger partial charge in [-0.15, -0.1) is 0 Å². The van der Waals surface area contributed by atoms with Crippen LogP contribution in [0.25, 0.3) is 11.6 Å². The first-order valence-corrected chi connectivity index (χ1v) is 6.63. The van der Waals surface area contributed by atoms with Crippen LogP contribution < -0.4 is 5.48 Å². The monoisotopic (exact) mass is 286 g/mol. The molecule has 0 unspecified atom stereocenters. The van der Waals surface area contributed by atoms with E-state index in [1.165, 1.54) is 12.1 Å². The molecule has 0 bridgehead atoms. The SMILES string of the molecule is Cc1[nH]c(/C=C2\CONc3ccc(F)cc32)c(C)c1C=O. The number of hydrogen-bond donors (Lipinski definition) is 2. The topological polar surface area (TPSA) is 54.1 Å². The third-order valence-electron chi connectivity index (χ3n) is 3.71. The molecule has 21 heavy (non-hydrogen) atoms. The summed E-state index contributed by atoms with van der Waals surface area (Å²) in [6.07, 6.45) is 2.74. The molecule has 1 aromatic carbocycles. The third-order valence-corrected chi connectivity index (χ3v) is 3.71. The molecule has 2 aromatic rings. The zero-order valence-electron chi connectivity index (χ0n) is 11.8. The number of aromatic nitrogens is 1. The number of nitrogens with one attached hydrogen (secondary N) is 2. The molecule has 0 amide bonds. The number of carbonyl (C=O) groups is 1. The van der Waals surface area contributed by atoms with Crippen LogP contribution >= 0.6 is 0 Å². The normalized spacial score (nSPS) is 15.7. The zero-order chi connectivity index (χ0) is 15.0. The Morgan fingerprint density at radius 3 is 2.86 bits per heavy atom. The van der Waals surface area contributed by atoms with Crippen molar-refractivity contribution in [3.63, 3.8) is 0 Å². The number of anilines is 1. The number of aromatic amines is 1. The van der Waals surface area contributed by atoms with Crippen LogP contribution in [0.1, 0.15) is 32.9 Å². The van der Waals surface area contributed by atoms with Gasteiger partial charge in [-0.25, -0.2) is 4.39 Å². The minimum Gasteiger partial charge on any atom is -0.358 e. The summed E-state index contributed by atoms with van der Waals surface area (Å²) in [6, 6.07) is 4.50. The molecular formula is C16H15FN2O2. The first kappa shape index (κ1) is 13.6. The summed E-state index contributed by atoms with van der Waals surface area (Å²) in [6.45, 7) is 4.06. The number of H-pyrrole nitrogens is 1. The molecule has 108 valence electrons. The van der Waals surface area contributed by atoms with E-state index in [1.807, 2.05) is 19.9 Å². The van der Waals surface area contributed by atoms with Crippen LogP contribution in [-0.4, -0.2) is 17.9 Å². The standard InChI is InChI=1S/C16H15FN2O2/c1-9-14(7-20)10(2)18-16(9)5-11-8-21-19-15-4-3-12(17)6-13(11)15/h3-7,18-19H,8H2,1-2H3/b11-5+.